The van der Waals surface area contributed by atoms with Crippen molar-refractivity contribution in [3.63, 3.8) is 0 Å². The van der Waals surface area contributed by atoms with Gasteiger partial charge >= 0.3 is 0 Å². The Morgan fingerprint density at radius 2 is 1.91 bits per heavy atom. The van der Waals surface area contributed by atoms with Crippen LogP contribution in [-0.2, 0) is 0 Å². The van der Waals surface area contributed by atoms with Crippen molar-refractivity contribution in [3.05, 3.63) is 58.6 Å². The Morgan fingerprint density at radius 1 is 1.26 bits per heavy atom. The van der Waals surface area contributed by atoms with Crippen LogP contribution in [0.3, 0.4) is 0 Å². The second kappa shape index (κ2) is 7.47. The summed E-state index contributed by atoms with van der Waals surface area (Å²) in [6.07, 6.45) is 2.96. The van der Waals surface area contributed by atoms with Crippen molar-refractivity contribution < 1.29 is 18.0 Å². The lowest BCUT2D eigenvalue weighted by Gasteiger charge is -2.08. The molecule has 0 saturated carbocycles. The van der Waals surface area contributed by atoms with E-state index in [0.717, 1.165) is 23.9 Å². The Hall–Kier alpha value is -2.06. The van der Waals surface area contributed by atoms with Gasteiger partial charge in [0.05, 0.1) is 0 Å². The number of aliphatic imine (C=N–C) groups is 1. The lowest BCUT2D eigenvalue weighted by molar-refractivity contribution is 0.100. The van der Waals surface area contributed by atoms with Crippen LogP contribution in [0.4, 0.5) is 18.9 Å². The number of rotatable bonds is 2. The SMILES string of the molecule is CSC(=NC(=O)c1ccnc(Cl)c1)Nc1cc(F)c(F)c(F)c1. The largest absolute Gasteiger partial charge is 0.334 e. The topological polar surface area (TPSA) is 54.4 Å². The zero-order valence-electron chi connectivity index (χ0n) is 11.6. The average Bonchev–Trinajstić information content (AvgIpc) is 2.51. The number of hydrogen-bond acceptors (Lipinski definition) is 3. The highest BCUT2D eigenvalue weighted by Crippen LogP contribution is 2.19. The maximum atomic E-state index is 13.2. The number of nitrogens with one attached hydrogen (secondary N) is 1. The number of carbonyl (C=O) groups excluding carboxylic acids is 1. The second-order valence-corrected chi connectivity index (χ2v) is 5.35. The monoisotopic (exact) mass is 359 g/mol. The van der Waals surface area contributed by atoms with Gasteiger partial charge in [-0.15, -0.1) is 0 Å². The first kappa shape index (κ1) is 17.3. The van der Waals surface area contributed by atoms with Crippen LogP contribution in [0.15, 0.2) is 35.5 Å². The molecule has 1 aromatic heterocycles. The van der Waals surface area contributed by atoms with E-state index in [0.29, 0.717) is 0 Å². The lowest BCUT2D eigenvalue weighted by Crippen LogP contribution is -2.11. The fourth-order valence-electron chi connectivity index (χ4n) is 1.57. The van der Waals surface area contributed by atoms with E-state index in [-0.39, 0.29) is 21.6 Å². The van der Waals surface area contributed by atoms with Gasteiger partial charge in [-0.2, -0.15) is 4.99 Å². The number of thioether (sulfide) groups is 1. The Balaban J connectivity index is 2.24. The summed E-state index contributed by atoms with van der Waals surface area (Å²) in [4.78, 5) is 19.5. The minimum Gasteiger partial charge on any atom is -0.334 e. The number of benzene rings is 1. The molecule has 0 aliphatic rings. The highest BCUT2D eigenvalue weighted by molar-refractivity contribution is 8.13. The molecule has 2 rings (SSSR count). The van der Waals surface area contributed by atoms with Gasteiger partial charge < -0.3 is 5.32 Å². The van der Waals surface area contributed by atoms with Gasteiger partial charge in [-0.3, -0.25) is 4.79 Å². The fraction of sp³-hybridized carbons (Fsp3) is 0.0714. The molecule has 0 fully saturated rings. The predicted molar refractivity (Wildman–Crippen MR) is 84.5 cm³/mol. The zero-order chi connectivity index (χ0) is 17.0. The molecule has 2 aromatic rings. The molecule has 4 nitrogen and oxygen atoms in total. The molecule has 1 aromatic carbocycles. The fourth-order valence-corrected chi connectivity index (χ4v) is 2.14. The molecule has 0 atom stereocenters. The van der Waals surface area contributed by atoms with Crippen molar-refractivity contribution in [1.82, 2.24) is 4.98 Å². The van der Waals surface area contributed by atoms with Gasteiger partial charge in [-0.05, 0) is 18.4 Å². The quantitative estimate of drug-likeness (QED) is 0.379. The summed E-state index contributed by atoms with van der Waals surface area (Å²) in [6, 6.07) is 4.28. The molecule has 0 saturated heterocycles. The van der Waals surface area contributed by atoms with Crippen molar-refractivity contribution in [2.24, 2.45) is 4.99 Å². The molecule has 0 aliphatic carbocycles. The first-order chi connectivity index (χ1) is 10.9. The molecular formula is C14H9ClF3N3OS. The number of pyridine rings is 1. The van der Waals surface area contributed by atoms with E-state index in [1.165, 1.54) is 18.3 Å². The highest BCUT2D eigenvalue weighted by atomic mass is 35.5. The first-order valence-electron chi connectivity index (χ1n) is 6.11. The number of nitrogens with zero attached hydrogens (tertiary/aromatic N) is 2. The molecule has 0 spiro atoms. The van der Waals surface area contributed by atoms with Crippen LogP contribution >= 0.6 is 23.4 Å². The van der Waals surface area contributed by atoms with E-state index in [9.17, 15) is 18.0 Å². The summed E-state index contributed by atoms with van der Waals surface area (Å²) in [6.45, 7) is 0. The van der Waals surface area contributed by atoms with E-state index < -0.39 is 23.4 Å². The Labute approximate surface area is 138 Å². The van der Waals surface area contributed by atoms with Gasteiger partial charge in [-0.1, -0.05) is 23.4 Å². The van der Waals surface area contributed by atoms with E-state index in [4.69, 9.17) is 11.6 Å². The summed E-state index contributed by atoms with van der Waals surface area (Å²) in [7, 11) is 0. The van der Waals surface area contributed by atoms with Crippen LogP contribution in [-0.4, -0.2) is 22.3 Å². The molecule has 120 valence electrons. The van der Waals surface area contributed by atoms with Crippen molar-refractivity contribution >= 4 is 40.1 Å². The van der Waals surface area contributed by atoms with Gasteiger partial charge in [0.15, 0.2) is 22.6 Å². The number of carbonyl (C=O) groups is 1. The minimum atomic E-state index is -1.57. The predicted octanol–water partition coefficient (Wildman–Crippen LogP) is 4.12. The summed E-state index contributed by atoms with van der Waals surface area (Å²) in [5.74, 6) is -4.88. The minimum absolute atomic E-state index is 0.0740. The van der Waals surface area contributed by atoms with Gasteiger partial charge in [0.1, 0.15) is 5.15 Å². The molecule has 0 aliphatic heterocycles. The van der Waals surface area contributed by atoms with Gasteiger partial charge in [0, 0.05) is 29.6 Å². The van der Waals surface area contributed by atoms with Gasteiger partial charge in [0.2, 0.25) is 0 Å². The summed E-state index contributed by atoms with van der Waals surface area (Å²) in [5.41, 5.74) is 0.130. The van der Waals surface area contributed by atoms with Crippen molar-refractivity contribution in [3.8, 4) is 0 Å². The van der Waals surface area contributed by atoms with Crippen LogP contribution in [0.5, 0.6) is 0 Å². The third-order valence-electron chi connectivity index (χ3n) is 2.61. The summed E-state index contributed by atoms with van der Waals surface area (Å²) < 4.78 is 39.3. The van der Waals surface area contributed by atoms with Crippen LogP contribution in [0.2, 0.25) is 5.15 Å². The van der Waals surface area contributed by atoms with E-state index >= 15 is 0 Å². The van der Waals surface area contributed by atoms with Gasteiger partial charge in [0.25, 0.3) is 5.91 Å². The number of anilines is 1. The summed E-state index contributed by atoms with van der Waals surface area (Å²) >= 11 is 6.73. The zero-order valence-corrected chi connectivity index (χ0v) is 13.2. The average molecular weight is 360 g/mol. The molecule has 1 amide bonds. The van der Waals surface area contributed by atoms with Crippen molar-refractivity contribution in [1.29, 1.82) is 0 Å². The van der Waals surface area contributed by atoms with Gasteiger partial charge in [-0.25, -0.2) is 18.2 Å². The molecule has 0 radical (unpaired) electrons. The number of aromatic nitrogens is 1. The highest BCUT2D eigenvalue weighted by Gasteiger charge is 2.12. The maximum Gasteiger partial charge on any atom is 0.279 e. The molecule has 1 N–H and O–H groups in total. The Kier molecular flexibility index (Phi) is 5.62. The van der Waals surface area contributed by atoms with Crippen LogP contribution < -0.4 is 5.32 Å². The van der Waals surface area contributed by atoms with E-state index in [1.807, 2.05) is 0 Å². The molecule has 9 heteroatoms. The standard InChI is InChI=1S/C14H9ClF3N3OS/c1-23-14(20-8-5-9(16)12(18)10(17)6-8)21-13(22)7-2-3-19-11(15)4-7/h2-6H,1H3,(H,20,21,22). The van der Waals surface area contributed by atoms with Crippen molar-refractivity contribution in [2.45, 2.75) is 0 Å². The Bertz CT molecular complexity index is 763. The lowest BCUT2D eigenvalue weighted by atomic mass is 10.2. The molecule has 1 heterocycles. The smallest absolute Gasteiger partial charge is 0.279 e. The van der Waals surface area contributed by atoms with Crippen LogP contribution in [0, 0.1) is 17.5 Å². The van der Waals surface area contributed by atoms with E-state index in [2.05, 4.69) is 15.3 Å². The van der Waals surface area contributed by atoms with E-state index in [1.54, 1.807) is 6.26 Å². The number of hydrogen-bond donors (Lipinski definition) is 1. The third-order valence-corrected chi connectivity index (χ3v) is 3.39. The molecule has 0 bridgehead atoms. The second-order valence-electron chi connectivity index (χ2n) is 4.17. The third kappa shape index (κ3) is 4.46. The first-order valence-corrected chi connectivity index (χ1v) is 7.71. The molecule has 23 heavy (non-hydrogen) atoms. The Morgan fingerprint density at radius 3 is 2.48 bits per heavy atom. The molecular weight excluding hydrogens is 351 g/mol. The van der Waals surface area contributed by atoms with Crippen molar-refractivity contribution in [2.75, 3.05) is 11.6 Å². The van der Waals surface area contributed by atoms with Crippen LogP contribution in [0.1, 0.15) is 10.4 Å². The summed E-state index contributed by atoms with van der Waals surface area (Å²) in [5, 5.41) is 2.76. The normalized spacial score (nSPS) is 11.4. The number of amidine groups is 1. The maximum absolute atomic E-state index is 13.2. The number of amides is 1. The van der Waals surface area contributed by atoms with Crippen LogP contribution in [0.25, 0.3) is 0 Å². The molecule has 0 unspecified atom stereocenters. The number of halogens is 4.